The van der Waals surface area contributed by atoms with Gasteiger partial charge in [0.25, 0.3) is 11.8 Å². The number of amides is 4. The van der Waals surface area contributed by atoms with E-state index < -0.39 is 36.2 Å². The second-order valence-corrected chi connectivity index (χ2v) is 15.5. The molecule has 0 unspecified atom stereocenters. The number of anilines is 2. The van der Waals surface area contributed by atoms with Crippen LogP contribution in [0.4, 0.5) is 21.0 Å². The number of nitrogens with zero attached hydrogens (tertiary/aromatic N) is 5. The Balaban J connectivity index is 1.27. The lowest BCUT2D eigenvalue weighted by Crippen LogP contribution is -2.44. The number of nitrogens with one attached hydrogen (secondary N) is 1. The first-order chi connectivity index (χ1) is 28.6. The maximum Gasteiger partial charge on any atom is 0.415 e. The molecule has 1 N–H and O–H groups in total. The molecule has 0 fully saturated rings. The molecule has 0 spiro atoms. The van der Waals surface area contributed by atoms with Crippen LogP contribution in [0.3, 0.4) is 0 Å². The van der Waals surface area contributed by atoms with E-state index in [-0.39, 0.29) is 55.6 Å². The summed E-state index contributed by atoms with van der Waals surface area (Å²) in [5, 5.41) is 4.25. The van der Waals surface area contributed by atoms with Crippen molar-refractivity contribution in [2.45, 2.75) is 39.2 Å². The van der Waals surface area contributed by atoms with E-state index in [4.69, 9.17) is 35.3 Å². The number of ether oxygens (including phenoxy) is 5. The number of aryl methyl sites for hydroxylation is 1. The van der Waals surface area contributed by atoms with E-state index >= 15 is 0 Å². The largest absolute Gasteiger partial charge is 0.468 e. The van der Waals surface area contributed by atoms with E-state index in [1.807, 2.05) is 25.1 Å². The van der Waals surface area contributed by atoms with Gasteiger partial charge in [-0.05, 0) is 80.6 Å². The average Bonchev–Trinajstić information content (AvgIpc) is 3.82. The number of carbonyl (C=O) groups excluding carboxylic acids is 5. The van der Waals surface area contributed by atoms with Gasteiger partial charge in [-0.3, -0.25) is 19.3 Å². The fourth-order valence-corrected chi connectivity index (χ4v) is 7.00. The van der Waals surface area contributed by atoms with Crippen LogP contribution in [0.5, 0.6) is 11.5 Å². The minimum absolute atomic E-state index is 0.0247. The van der Waals surface area contributed by atoms with E-state index in [1.165, 1.54) is 26.2 Å². The highest BCUT2D eigenvalue weighted by Gasteiger charge is 2.37. The molecule has 0 bridgehead atoms. The maximum absolute atomic E-state index is 14.4. The Hall–Kier alpha value is -6.39. The average molecular weight is 843 g/mol. The van der Waals surface area contributed by atoms with Crippen LogP contribution < -0.4 is 19.7 Å². The molecule has 17 heteroatoms. The van der Waals surface area contributed by atoms with Crippen molar-refractivity contribution in [3.05, 3.63) is 95.4 Å². The number of methoxy groups -OCH3 is 2. The number of hydrogen-bond donors (Lipinski definition) is 1. The molecule has 0 saturated carbocycles. The van der Waals surface area contributed by atoms with Gasteiger partial charge in [-0.1, -0.05) is 18.2 Å². The van der Waals surface area contributed by atoms with Crippen molar-refractivity contribution >= 4 is 69.4 Å². The number of halogens is 1. The van der Waals surface area contributed by atoms with Gasteiger partial charge in [0.2, 0.25) is 0 Å². The molecule has 0 aliphatic carbocycles. The van der Waals surface area contributed by atoms with Gasteiger partial charge in [0, 0.05) is 75.0 Å². The van der Waals surface area contributed by atoms with E-state index in [0.717, 1.165) is 21.4 Å². The van der Waals surface area contributed by atoms with Crippen LogP contribution in [0.2, 0.25) is 0 Å². The summed E-state index contributed by atoms with van der Waals surface area (Å²) in [6.07, 6.45) is 1.76. The number of pyridine rings is 1. The van der Waals surface area contributed by atoms with E-state index in [0.29, 0.717) is 33.7 Å². The molecule has 0 saturated heterocycles. The summed E-state index contributed by atoms with van der Waals surface area (Å²) in [7, 11) is 4.25. The molecule has 0 radical (unpaired) electrons. The molecular formula is C43H47ClN6O10. The second kappa shape index (κ2) is 18.3. The highest BCUT2D eigenvalue weighted by atomic mass is 35.5. The van der Waals surface area contributed by atoms with Gasteiger partial charge in [-0.25, -0.2) is 14.6 Å². The number of fused-ring (bicyclic) bond motifs is 4. The Bertz CT molecular complexity index is 2430. The Morgan fingerprint density at radius 3 is 2.40 bits per heavy atom. The van der Waals surface area contributed by atoms with E-state index in [9.17, 15) is 24.0 Å². The molecule has 6 rings (SSSR count). The molecule has 1 atom stereocenters. The molecule has 60 heavy (non-hydrogen) atoms. The molecule has 16 nitrogen and oxygen atoms in total. The first-order valence-electron chi connectivity index (χ1n) is 19.0. The first-order valence-corrected chi connectivity index (χ1v) is 19.6. The van der Waals surface area contributed by atoms with E-state index in [2.05, 4.69) is 10.3 Å². The summed E-state index contributed by atoms with van der Waals surface area (Å²) in [5.41, 5.74) is 2.94. The van der Waals surface area contributed by atoms with Crippen molar-refractivity contribution in [1.82, 2.24) is 19.2 Å². The summed E-state index contributed by atoms with van der Waals surface area (Å²) in [5.74, 6) is -0.810. The molecule has 4 amide bonds. The Labute approximate surface area is 351 Å². The number of imidazole rings is 1. The van der Waals surface area contributed by atoms with Crippen LogP contribution in [0.25, 0.3) is 16.4 Å². The molecule has 1 aliphatic heterocycles. The second-order valence-electron chi connectivity index (χ2n) is 15.2. The zero-order chi connectivity index (χ0) is 43.3. The number of likely N-dealkylation sites (N-methyl/N-ethyl adjacent to an activating group) is 1. The van der Waals surface area contributed by atoms with Crippen molar-refractivity contribution in [3.8, 4) is 11.5 Å². The SMILES string of the molecule is COCOc1ccc(C(=O)Nc2ccc3nc(C(=O)N4C[C@@H](CCl)c5c4cc(OC(=O)N(CCN(C)C(=O)OC(C)(C)C)CC(=O)OC)c4cccc(C)c54)cn3c2)cc1. The number of aromatic nitrogens is 2. The summed E-state index contributed by atoms with van der Waals surface area (Å²) in [6.45, 7) is 6.96. The molecule has 3 aromatic carbocycles. The summed E-state index contributed by atoms with van der Waals surface area (Å²) >= 11 is 6.57. The van der Waals surface area contributed by atoms with Gasteiger partial charge in [0.15, 0.2) is 6.79 Å². The number of carbonyl (C=O) groups is 5. The van der Waals surface area contributed by atoms with Gasteiger partial charge in [0.1, 0.15) is 35.0 Å². The fraction of sp³-hybridized carbons (Fsp3) is 0.349. The lowest BCUT2D eigenvalue weighted by atomic mass is 9.92. The zero-order valence-electron chi connectivity index (χ0n) is 34.4. The summed E-state index contributed by atoms with van der Waals surface area (Å²) < 4.78 is 28.3. The first kappa shape index (κ1) is 43.2. The predicted octanol–water partition coefficient (Wildman–Crippen LogP) is 6.85. The fourth-order valence-electron chi connectivity index (χ4n) is 6.74. The minimum atomic E-state index is -0.873. The van der Waals surface area contributed by atoms with Gasteiger partial charge in [-0.15, -0.1) is 11.6 Å². The number of rotatable bonds is 13. The lowest BCUT2D eigenvalue weighted by molar-refractivity contribution is -0.141. The predicted molar refractivity (Wildman–Crippen MR) is 224 cm³/mol. The van der Waals surface area contributed by atoms with Gasteiger partial charge >= 0.3 is 18.2 Å². The van der Waals surface area contributed by atoms with Gasteiger partial charge in [0.05, 0.1) is 18.5 Å². The van der Waals surface area contributed by atoms with Crippen molar-refractivity contribution < 1.29 is 47.7 Å². The molecule has 5 aromatic rings. The number of benzene rings is 3. The van der Waals surface area contributed by atoms with Crippen LogP contribution in [-0.2, 0) is 19.0 Å². The third-order valence-corrected chi connectivity index (χ3v) is 10.1. The standard InChI is InChI=1S/C43H47ClN6O10/c1-26-9-8-10-31-34(59-42(55)48(24-36(51)57-7)18-17-47(5)41(54)60-43(2,3)4)19-33-38(37(26)31)28(20-44)21-50(33)40(53)32-23-49-22-29(13-16-35(49)46-32)45-39(52)27-11-14-30(15-12-27)58-25-56-6/h8-16,19,22-23,28H,17-18,20-21,24-25H2,1-7H3,(H,45,52)/t28-/m1/s1. The molecule has 1 aliphatic rings. The number of alkyl halides is 1. The topological polar surface area (TPSA) is 171 Å². The number of hydrogen-bond acceptors (Lipinski definition) is 11. The molecule has 3 heterocycles. The minimum Gasteiger partial charge on any atom is -0.468 e. The molecular weight excluding hydrogens is 796 g/mol. The number of esters is 1. The van der Waals surface area contributed by atoms with Gasteiger partial charge < -0.3 is 43.2 Å². The summed E-state index contributed by atoms with van der Waals surface area (Å²) in [6, 6.07) is 17.2. The van der Waals surface area contributed by atoms with Crippen LogP contribution in [-0.4, -0.2) is 115 Å². The Morgan fingerprint density at radius 2 is 1.72 bits per heavy atom. The van der Waals surface area contributed by atoms with Crippen LogP contribution in [0.1, 0.15) is 58.7 Å². The molecule has 2 aromatic heterocycles. The van der Waals surface area contributed by atoms with Crippen molar-refractivity contribution in [2.75, 3.05) is 70.3 Å². The smallest absolute Gasteiger partial charge is 0.415 e. The van der Waals surface area contributed by atoms with Crippen molar-refractivity contribution in [3.63, 3.8) is 0 Å². The Morgan fingerprint density at radius 1 is 0.967 bits per heavy atom. The van der Waals surface area contributed by atoms with Crippen molar-refractivity contribution in [2.24, 2.45) is 0 Å². The van der Waals surface area contributed by atoms with Crippen LogP contribution >= 0.6 is 11.6 Å². The Kier molecular flexibility index (Phi) is 13.1. The van der Waals surface area contributed by atoms with Crippen LogP contribution in [0.15, 0.2) is 73.1 Å². The third-order valence-electron chi connectivity index (χ3n) is 9.69. The lowest BCUT2D eigenvalue weighted by Gasteiger charge is -2.27. The maximum atomic E-state index is 14.4. The molecule has 316 valence electrons. The highest BCUT2D eigenvalue weighted by molar-refractivity contribution is 6.19. The monoisotopic (exact) mass is 842 g/mol. The quantitative estimate of drug-likeness (QED) is 0.0747. The van der Waals surface area contributed by atoms with Crippen LogP contribution in [0, 0.1) is 6.92 Å². The third kappa shape index (κ3) is 9.72. The van der Waals surface area contributed by atoms with Crippen molar-refractivity contribution in [1.29, 1.82) is 0 Å². The van der Waals surface area contributed by atoms with E-state index in [1.54, 1.807) is 84.9 Å². The zero-order valence-corrected chi connectivity index (χ0v) is 35.2. The summed E-state index contributed by atoms with van der Waals surface area (Å²) in [4.78, 5) is 75.0. The normalized spacial score (nSPS) is 13.5. The highest BCUT2D eigenvalue weighted by Crippen LogP contribution is 2.47. The van der Waals surface area contributed by atoms with Gasteiger partial charge in [-0.2, -0.15) is 0 Å².